The molecule has 11 fully saturated rings. The van der Waals surface area contributed by atoms with Gasteiger partial charge in [0.25, 0.3) is 0 Å². The summed E-state index contributed by atoms with van der Waals surface area (Å²) in [5.74, 6) is 22.5. The molecule has 11 rings (SSSR count). The fraction of sp³-hybridized carbons (Fsp3) is 1.00. The monoisotopic (exact) mass is 765 g/mol. The standard InChI is InChI=1S/C56H92/c1-3-15-37(16-4-1)39-27-29-40(30-28-39)53-45-19-7-11-23-49(45)55(50-24-12-8-20-46(50)53)56-51-25-13-9-21-47(51)54(48-22-10-14-26-52(48)56)44-34-33-42-35-41(31-32-43(42)36-44)38-17-5-2-6-18-38/h37-56H,1-36H2. The van der Waals surface area contributed by atoms with E-state index in [4.69, 9.17) is 0 Å². The number of hydrogen-bond acceptors (Lipinski definition) is 0. The summed E-state index contributed by atoms with van der Waals surface area (Å²) in [6.07, 6.45) is 58.1. The minimum atomic E-state index is 1.11. The highest BCUT2D eigenvalue weighted by atomic mass is 14.7. The number of fused-ring (bicyclic) bond motifs is 5. The second kappa shape index (κ2) is 17.4. The molecule has 0 aromatic rings. The van der Waals surface area contributed by atoms with E-state index in [1.165, 1.54) is 12.8 Å². The molecule has 0 heterocycles. The SMILES string of the molecule is C1CCC(C2CCC(C3C4CCCCC4C(C4C5CCCCC5C(C5CCC6CC(C7CCCCC7)CCC6C5)C5CCCCC54)C4CCCCC43)CC2)CC1. The zero-order chi connectivity index (χ0) is 37.0. The van der Waals surface area contributed by atoms with Crippen molar-refractivity contribution in [3.05, 3.63) is 0 Å². The molecule has 316 valence electrons. The van der Waals surface area contributed by atoms with Crippen LogP contribution in [0.5, 0.6) is 0 Å². The van der Waals surface area contributed by atoms with E-state index in [9.17, 15) is 0 Å². The molecule has 56 heavy (non-hydrogen) atoms. The molecule has 0 bridgehead atoms. The molecule has 0 aliphatic heterocycles. The maximum Gasteiger partial charge on any atom is -0.0318 e. The van der Waals surface area contributed by atoms with Gasteiger partial charge in [-0.15, -0.1) is 0 Å². The van der Waals surface area contributed by atoms with E-state index in [2.05, 4.69) is 0 Å². The van der Waals surface area contributed by atoms with Crippen LogP contribution in [0, 0.1) is 118 Å². The molecule has 0 saturated heterocycles. The lowest BCUT2D eigenvalue weighted by Crippen LogP contribution is -2.60. The van der Waals surface area contributed by atoms with E-state index in [1.807, 2.05) is 0 Å². The van der Waals surface area contributed by atoms with Crippen molar-refractivity contribution in [1.29, 1.82) is 0 Å². The quantitative estimate of drug-likeness (QED) is 0.262. The Morgan fingerprint density at radius 3 is 0.786 bits per heavy atom. The molecule has 0 heteroatoms. The largest absolute Gasteiger partial charge is 0.0533 e. The molecule has 0 radical (unpaired) electrons. The third kappa shape index (κ3) is 7.32. The Labute approximate surface area is 348 Å². The first kappa shape index (κ1) is 38.9. The Hall–Kier alpha value is 0. The first-order valence-electron chi connectivity index (χ1n) is 27.8. The van der Waals surface area contributed by atoms with Gasteiger partial charge in [-0.3, -0.25) is 0 Å². The highest BCUT2D eigenvalue weighted by Gasteiger charge is 2.62. The Bertz CT molecular complexity index is 1200. The molecular formula is C56H92. The van der Waals surface area contributed by atoms with Gasteiger partial charge in [0.05, 0.1) is 0 Å². The molecule has 11 aliphatic rings. The fourth-order valence-corrected chi connectivity index (χ4v) is 21.3. The number of rotatable bonds is 5. The van der Waals surface area contributed by atoms with E-state index >= 15 is 0 Å². The maximum atomic E-state index is 1.69. The molecule has 0 N–H and O–H groups in total. The van der Waals surface area contributed by atoms with Crippen LogP contribution in [0.15, 0.2) is 0 Å². The summed E-state index contributed by atoms with van der Waals surface area (Å²) in [6, 6.07) is 0. The van der Waals surface area contributed by atoms with Gasteiger partial charge >= 0.3 is 0 Å². The van der Waals surface area contributed by atoms with Crippen LogP contribution in [0.4, 0.5) is 0 Å². The van der Waals surface area contributed by atoms with Crippen LogP contribution in [0.3, 0.4) is 0 Å². The Morgan fingerprint density at radius 1 is 0.143 bits per heavy atom. The van der Waals surface area contributed by atoms with Gasteiger partial charge in [0.1, 0.15) is 0 Å². The Balaban J connectivity index is 0.849. The number of hydrogen-bond donors (Lipinski definition) is 0. The van der Waals surface area contributed by atoms with Crippen molar-refractivity contribution >= 4 is 0 Å². The van der Waals surface area contributed by atoms with Crippen molar-refractivity contribution in [3.8, 4) is 0 Å². The molecule has 0 spiro atoms. The highest BCUT2D eigenvalue weighted by molar-refractivity contribution is 5.10. The second-order valence-corrected chi connectivity index (χ2v) is 24.9. The first-order chi connectivity index (χ1) is 27.8. The highest BCUT2D eigenvalue weighted by Crippen LogP contribution is 2.69. The summed E-state index contributed by atoms with van der Waals surface area (Å²) in [4.78, 5) is 0. The van der Waals surface area contributed by atoms with Gasteiger partial charge in [0.15, 0.2) is 0 Å². The zero-order valence-electron chi connectivity index (χ0n) is 37.0. The van der Waals surface area contributed by atoms with E-state index in [1.54, 1.807) is 218 Å². The van der Waals surface area contributed by atoms with Crippen LogP contribution in [0.1, 0.15) is 231 Å². The third-order valence-corrected chi connectivity index (χ3v) is 23.1. The van der Waals surface area contributed by atoms with E-state index in [-0.39, 0.29) is 0 Å². The topological polar surface area (TPSA) is 0 Å². The lowest BCUT2D eigenvalue weighted by Gasteiger charge is -2.66. The summed E-state index contributed by atoms with van der Waals surface area (Å²) in [5, 5.41) is 0. The van der Waals surface area contributed by atoms with E-state index in [0.717, 1.165) is 118 Å². The van der Waals surface area contributed by atoms with Crippen LogP contribution in [-0.2, 0) is 0 Å². The van der Waals surface area contributed by atoms with Crippen molar-refractivity contribution in [2.75, 3.05) is 0 Å². The van der Waals surface area contributed by atoms with E-state index in [0.29, 0.717) is 0 Å². The van der Waals surface area contributed by atoms with Crippen LogP contribution >= 0.6 is 0 Å². The second-order valence-electron chi connectivity index (χ2n) is 24.9. The molecule has 0 amide bonds. The fourth-order valence-electron chi connectivity index (χ4n) is 21.3. The molecule has 11 aliphatic carbocycles. The summed E-state index contributed by atoms with van der Waals surface area (Å²) in [6.45, 7) is 0. The minimum Gasteiger partial charge on any atom is -0.0533 e. The Kier molecular flexibility index (Phi) is 12.1. The van der Waals surface area contributed by atoms with Crippen molar-refractivity contribution in [3.63, 3.8) is 0 Å². The van der Waals surface area contributed by atoms with Crippen LogP contribution in [-0.4, -0.2) is 0 Å². The predicted molar refractivity (Wildman–Crippen MR) is 236 cm³/mol. The first-order valence-corrected chi connectivity index (χ1v) is 27.8. The lowest BCUT2D eigenvalue weighted by molar-refractivity contribution is -0.175. The van der Waals surface area contributed by atoms with Crippen LogP contribution in [0.2, 0.25) is 0 Å². The summed E-state index contributed by atoms with van der Waals surface area (Å²) >= 11 is 0. The summed E-state index contributed by atoms with van der Waals surface area (Å²) in [5.41, 5.74) is 0. The molecule has 11 saturated carbocycles. The predicted octanol–water partition coefficient (Wildman–Crippen LogP) is 16.5. The minimum absolute atomic E-state index is 1.11. The average molecular weight is 765 g/mol. The van der Waals surface area contributed by atoms with Crippen molar-refractivity contribution in [1.82, 2.24) is 0 Å². The molecule has 12 unspecified atom stereocenters. The van der Waals surface area contributed by atoms with Crippen molar-refractivity contribution < 1.29 is 0 Å². The van der Waals surface area contributed by atoms with Gasteiger partial charge in [0, 0.05) is 0 Å². The van der Waals surface area contributed by atoms with Crippen molar-refractivity contribution in [2.24, 2.45) is 118 Å². The lowest BCUT2D eigenvalue weighted by atomic mass is 9.39. The van der Waals surface area contributed by atoms with Gasteiger partial charge < -0.3 is 0 Å². The normalized spacial score (nSPS) is 52.1. The van der Waals surface area contributed by atoms with Gasteiger partial charge in [-0.05, 0) is 234 Å². The summed E-state index contributed by atoms with van der Waals surface area (Å²) < 4.78 is 0. The smallest absolute Gasteiger partial charge is 0.0318 e. The van der Waals surface area contributed by atoms with Gasteiger partial charge in [0.2, 0.25) is 0 Å². The van der Waals surface area contributed by atoms with Gasteiger partial charge in [-0.2, -0.15) is 0 Å². The zero-order valence-corrected chi connectivity index (χ0v) is 37.0. The van der Waals surface area contributed by atoms with Gasteiger partial charge in [-0.25, -0.2) is 0 Å². The molecule has 12 atom stereocenters. The maximum absolute atomic E-state index is 1.69. The molecule has 0 aromatic heterocycles. The molecular weight excluding hydrogens is 673 g/mol. The summed E-state index contributed by atoms with van der Waals surface area (Å²) in [7, 11) is 0. The van der Waals surface area contributed by atoms with Crippen LogP contribution < -0.4 is 0 Å². The Morgan fingerprint density at radius 2 is 0.375 bits per heavy atom. The van der Waals surface area contributed by atoms with Gasteiger partial charge in [-0.1, -0.05) is 116 Å². The third-order valence-electron chi connectivity index (χ3n) is 23.1. The van der Waals surface area contributed by atoms with Crippen LogP contribution in [0.25, 0.3) is 0 Å². The molecule has 0 aromatic carbocycles. The average Bonchev–Trinajstić information content (AvgIpc) is 3.28. The van der Waals surface area contributed by atoms with Crippen molar-refractivity contribution in [2.45, 2.75) is 231 Å². The van der Waals surface area contributed by atoms with E-state index < -0.39 is 0 Å². The molecule has 0 nitrogen and oxygen atoms in total.